The van der Waals surface area contributed by atoms with Crippen LogP contribution in [0.2, 0.25) is 0 Å². The maximum atomic E-state index is 4.45. The molecule has 2 aliphatic rings. The van der Waals surface area contributed by atoms with Crippen LogP contribution in [0, 0.1) is 0 Å². The maximum absolute atomic E-state index is 4.45. The van der Waals surface area contributed by atoms with Gasteiger partial charge in [0.2, 0.25) is 0 Å². The number of unbranched alkanes of at least 4 members (excludes halogenated alkanes) is 2. The van der Waals surface area contributed by atoms with Crippen molar-refractivity contribution in [2.24, 2.45) is 4.99 Å². The van der Waals surface area contributed by atoms with E-state index in [1.807, 2.05) is 7.05 Å². The average Bonchev–Trinajstić information content (AvgIpc) is 2.81. The summed E-state index contributed by atoms with van der Waals surface area (Å²) in [6.45, 7) is 9.54. The van der Waals surface area contributed by atoms with E-state index in [2.05, 4.69) is 62.7 Å². The molecule has 2 aliphatic heterocycles. The topological polar surface area (TPSA) is 42.9 Å². The first-order valence-corrected chi connectivity index (χ1v) is 12.2. The van der Waals surface area contributed by atoms with Crippen LogP contribution in [0.3, 0.4) is 0 Å². The molecule has 1 aromatic carbocycles. The van der Waals surface area contributed by atoms with Crippen molar-refractivity contribution in [1.29, 1.82) is 0 Å². The lowest BCUT2D eigenvalue weighted by atomic mass is 10.0. The number of hydrogen-bond donors (Lipinski definition) is 2. The van der Waals surface area contributed by atoms with Crippen molar-refractivity contribution in [3.63, 3.8) is 0 Å². The number of nitrogens with one attached hydrogen (secondary N) is 2. The molecule has 0 aliphatic carbocycles. The molecule has 0 spiro atoms. The number of guanidine groups is 1. The van der Waals surface area contributed by atoms with Crippen LogP contribution in [-0.4, -0.2) is 68.1 Å². The Bertz CT molecular complexity index is 610. The Morgan fingerprint density at radius 3 is 2.39 bits per heavy atom. The van der Waals surface area contributed by atoms with Crippen LogP contribution in [0.1, 0.15) is 69.9 Å². The lowest BCUT2D eigenvalue weighted by Gasteiger charge is -2.37. The van der Waals surface area contributed by atoms with E-state index >= 15 is 0 Å². The second kappa shape index (κ2) is 15.1. The van der Waals surface area contributed by atoms with Crippen LogP contribution >= 0.6 is 24.0 Å². The summed E-state index contributed by atoms with van der Waals surface area (Å²) in [5, 5.41) is 7.18. The molecule has 1 unspecified atom stereocenters. The van der Waals surface area contributed by atoms with Gasteiger partial charge in [-0.1, -0.05) is 43.2 Å². The lowest BCUT2D eigenvalue weighted by molar-refractivity contribution is 0.158. The van der Waals surface area contributed by atoms with Crippen LogP contribution in [0.25, 0.3) is 0 Å². The summed E-state index contributed by atoms with van der Waals surface area (Å²) in [6.07, 6.45) is 10.4. The summed E-state index contributed by atoms with van der Waals surface area (Å²) in [4.78, 5) is 9.69. The highest BCUT2D eigenvalue weighted by atomic mass is 127. The molecule has 2 heterocycles. The van der Waals surface area contributed by atoms with Crippen LogP contribution in [0.15, 0.2) is 35.3 Å². The van der Waals surface area contributed by atoms with Crippen molar-refractivity contribution in [2.75, 3.05) is 46.3 Å². The fourth-order valence-corrected chi connectivity index (χ4v) is 4.79. The van der Waals surface area contributed by atoms with Crippen LogP contribution in [0.4, 0.5) is 0 Å². The van der Waals surface area contributed by atoms with Gasteiger partial charge in [0, 0.05) is 38.8 Å². The standard InChI is InChI=1S/C25H43N5.HI/c1-22(23-12-6-3-7-13-23)30-20-14-24(15-21-30)28-25(26-2)27-16-8-4-9-17-29-18-10-5-11-19-29;/h3,6-7,12-13,22,24H,4-5,8-11,14-21H2,1-2H3,(H2,26,27,28);1H. The predicted molar refractivity (Wildman–Crippen MR) is 144 cm³/mol. The molecule has 0 bridgehead atoms. The number of nitrogens with zero attached hydrogens (tertiary/aromatic N) is 3. The molecule has 2 saturated heterocycles. The third-order valence-electron chi connectivity index (χ3n) is 6.82. The Morgan fingerprint density at radius 1 is 1.00 bits per heavy atom. The minimum atomic E-state index is 0. The summed E-state index contributed by atoms with van der Waals surface area (Å²) >= 11 is 0. The Morgan fingerprint density at radius 2 is 1.71 bits per heavy atom. The molecule has 2 N–H and O–H groups in total. The lowest BCUT2D eigenvalue weighted by Crippen LogP contribution is -2.49. The minimum absolute atomic E-state index is 0. The number of benzene rings is 1. The zero-order chi connectivity index (χ0) is 21.0. The molecule has 5 nitrogen and oxygen atoms in total. The molecule has 0 radical (unpaired) electrons. The van der Waals surface area contributed by atoms with Gasteiger partial charge >= 0.3 is 0 Å². The molecule has 176 valence electrons. The second-order valence-electron chi connectivity index (χ2n) is 9.00. The van der Waals surface area contributed by atoms with Crippen molar-refractivity contribution >= 4 is 29.9 Å². The van der Waals surface area contributed by atoms with Gasteiger partial charge in [0.05, 0.1) is 0 Å². The van der Waals surface area contributed by atoms with Gasteiger partial charge in [-0.25, -0.2) is 0 Å². The maximum Gasteiger partial charge on any atom is 0.191 e. The molecule has 0 saturated carbocycles. The van der Waals surface area contributed by atoms with Gasteiger partial charge in [-0.05, 0) is 70.6 Å². The van der Waals surface area contributed by atoms with Gasteiger partial charge in [0.25, 0.3) is 0 Å². The predicted octanol–water partition coefficient (Wildman–Crippen LogP) is 4.65. The van der Waals surface area contributed by atoms with Crippen LogP contribution < -0.4 is 10.6 Å². The average molecular weight is 542 g/mol. The van der Waals surface area contributed by atoms with E-state index in [-0.39, 0.29) is 24.0 Å². The number of likely N-dealkylation sites (tertiary alicyclic amines) is 2. The smallest absolute Gasteiger partial charge is 0.191 e. The van der Waals surface area contributed by atoms with Gasteiger partial charge in [-0.3, -0.25) is 9.89 Å². The molecule has 1 aromatic rings. The summed E-state index contributed by atoms with van der Waals surface area (Å²) in [5.41, 5.74) is 1.42. The molecule has 31 heavy (non-hydrogen) atoms. The van der Waals surface area contributed by atoms with Gasteiger partial charge in [-0.2, -0.15) is 0 Å². The molecule has 2 fully saturated rings. The first-order chi connectivity index (χ1) is 14.8. The first-order valence-electron chi connectivity index (χ1n) is 12.2. The van der Waals surface area contributed by atoms with E-state index in [9.17, 15) is 0 Å². The zero-order valence-corrected chi connectivity index (χ0v) is 22.0. The largest absolute Gasteiger partial charge is 0.356 e. The van der Waals surface area contributed by atoms with E-state index in [4.69, 9.17) is 0 Å². The Kier molecular flexibility index (Phi) is 12.8. The summed E-state index contributed by atoms with van der Waals surface area (Å²) in [6, 6.07) is 11.9. The van der Waals surface area contributed by atoms with Crippen molar-refractivity contribution in [3.8, 4) is 0 Å². The third kappa shape index (κ3) is 9.26. The van der Waals surface area contributed by atoms with Gasteiger partial charge in [-0.15, -0.1) is 24.0 Å². The highest BCUT2D eigenvalue weighted by molar-refractivity contribution is 14.0. The Balaban J connectivity index is 0.00000341. The van der Waals surface area contributed by atoms with Gasteiger partial charge in [0.1, 0.15) is 0 Å². The summed E-state index contributed by atoms with van der Waals surface area (Å²) in [5.74, 6) is 0.973. The SMILES string of the molecule is CN=C(NCCCCCN1CCCCC1)NC1CCN(C(C)c2ccccc2)CC1.I. The molecule has 3 rings (SSSR count). The normalized spacial score (nSPS) is 20.1. The highest BCUT2D eigenvalue weighted by Gasteiger charge is 2.23. The first kappa shape index (κ1) is 26.4. The number of piperidine rings is 2. The molecule has 0 aromatic heterocycles. The Labute approximate surface area is 207 Å². The van der Waals surface area contributed by atoms with Crippen molar-refractivity contribution in [2.45, 2.75) is 70.4 Å². The van der Waals surface area contributed by atoms with E-state index in [0.717, 1.165) is 25.6 Å². The van der Waals surface area contributed by atoms with Crippen molar-refractivity contribution in [3.05, 3.63) is 35.9 Å². The van der Waals surface area contributed by atoms with E-state index in [1.54, 1.807) is 0 Å². The fourth-order valence-electron chi connectivity index (χ4n) is 4.79. The van der Waals surface area contributed by atoms with E-state index < -0.39 is 0 Å². The second-order valence-corrected chi connectivity index (χ2v) is 9.00. The summed E-state index contributed by atoms with van der Waals surface area (Å²) in [7, 11) is 1.89. The van der Waals surface area contributed by atoms with Gasteiger partial charge in [0.15, 0.2) is 5.96 Å². The molecule has 0 amide bonds. The number of aliphatic imine (C=N–C) groups is 1. The van der Waals surface area contributed by atoms with Crippen molar-refractivity contribution in [1.82, 2.24) is 20.4 Å². The van der Waals surface area contributed by atoms with Crippen LogP contribution in [-0.2, 0) is 0 Å². The Hall–Kier alpha value is -0.860. The van der Waals surface area contributed by atoms with Crippen molar-refractivity contribution < 1.29 is 0 Å². The zero-order valence-electron chi connectivity index (χ0n) is 19.7. The molecule has 1 atom stereocenters. The molecule has 6 heteroatoms. The summed E-state index contributed by atoms with van der Waals surface area (Å²) < 4.78 is 0. The highest BCUT2D eigenvalue weighted by Crippen LogP contribution is 2.23. The monoisotopic (exact) mass is 541 g/mol. The number of halogens is 1. The third-order valence-corrected chi connectivity index (χ3v) is 6.82. The fraction of sp³-hybridized carbons (Fsp3) is 0.720. The molecular weight excluding hydrogens is 497 g/mol. The quantitative estimate of drug-likeness (QED) is 0.207. The van der Waals surface area contributed by atoms with Crippen LogP contribution in [0.5, 0.6) is 0 Å². The van der Waals surface area contributed by atoms with Gasteiger partial charge < -0.3 is 15.5 Å². The molecular formula is C25H44IN5. The van der Waals surface area contributed by atoms with E-state index in [0.29, 0.717) is 12.1 Å². The van der Waals surface area contributed by atoms with E-state index in [1.165, 1.54) is 76.6 Å². The number of rotatable bonds is 9. The minimum Gasteiger partial charge on any atom is -0.356 e. The number of hydrogen-bond acceptors (Lipinski definition) is 3.